The van der Waals surface area contributed by atoms with Crippen molar-refractivity contribution in [1.29, 1.82) is 0 Å². The van der Waals surface area contributed by atoms with Gasteiger partial charge in [-0.05, 0) is 25.7 Å². The standard InChI is InChI=1S/C13H16FN3O3/c1-8-6-16(7-12(20-8)9-2-3-9)13-11(14)4-10(5-15-13)17(18)19/h4-5,8-9,12H,2-3,6-7H2,1H3/t8-,12+/m1/s1. The van der Waals surface area contributed by atoms with Gasteiger partial charge in [0.05, 0.1) is 23.2 Å². The van der Waals surface area contributed by atoms with Crippen LogP contribution in [-0.2, 0) is 4.74 Å². The maximum atomic E-state index is 14.0. The van der Waals surface area contributed by atoms with Gasteiger partial charge in [0.1, 0.15) is 6.20 Å². The fourth-order valence-electron chi connectivity index (χ4n) is 2.64. The van der Waals surface area contributed by atoms with E-state index in [1.54, 1.807) is 0 Å². The summed E-state index contributed by atoms with van der Waals surface area (Å²) in [6.45, 7) is 3.09. The number of halogens is 1. The summed E-state index contributed by atoms with van der Waals surface area (Å²) < 4.78 is 19.9. The van der Waals surface area contributed by atoms with Crippen molar-refractivity contribution in [3.8, 4) is 0 Å². The third-order valence-corrected chi connectivity index (χ3v) is 3.75. The van der Waals surface area contributed by atoms with Crippen LogP contribution in [-0.4, -0.2) is 35.2 Å². The van der Waals surface area contributed by atoms with Gasteiger partial charge in [-0.2, -0.15) is 0 Å². The van der Waals surface area contributed by atoms with Crippen molar-refractivity contribution in [3.63, 3.8) is 0 Å². The lowest BCUT2D eigenvalue weighted by atomic mass is 10.1. The molecule has 3 rings (SSSR count). The first-order valence-corrected chi connectivity index (χ1v) is 6.75. The van der Waals surface area contributed by atoms with Crippen LogP contribution >= 0.6 is 0 Å². The Hall–Kier alpha value is -1.76. The monoisotopic (exact) mass is 281 g/mol. The van der Waals surface area contributed by atoms with Gasteiger partial charge in [-0.3, -0.25) is 10.1 Å². The quantitative estimate of drug-likeness (QED) is 0.627. The first kappa shape index (κ1) is 13.2. The molecule has 2 fully saturated rings. The zero-order chi connectivity index (χ0) is 14.3. The highest BCUT2D eigenvalue weighted by molar-refractivity contribution is 5.45. The van der Waals surface area contributed by atoms with Crippen molar-refractivity contribution in [2.24, 2.45) is 5.92 Å². The van der Waals surface area contributed by atoms with Crippen LogP contribution in [0.4, 0.5) is 15.9 Å². The van der Waals surface area contributed by atoms with Crippen molar-refractivity contribution in [3.05, 3.63) is 28.2 Å². The predicted octanol–water partition coefficient (Wildman–Crippen LogP) is 2.13. The van der Waals surface area contributed by atoms with E-state index in [1.165, 1.54) is 0 Å². The highest BCUT2D eigenvalue weighted by atomic mass is 19.1. The van der Waals surface area contributed by atoms with Crippen molar-refractivity contribution < 1.29 is 14.1 Å². The van der Waals surface area contributed by atoms with Gasteiger partial charge < -0.3 is 9.64 Å². The number of nitrogens with zero attached hydrogens (tertiary/aromatic N) is 3. The summed E-state index contributed by atoms with van der Waals surface area (Å²) in [5.74, 6) is 0.0839. The first-order valence-electron chi connectivity index (χ1n) is 6.75. The van der Waals surface area contributed by atoms with Crippen LogP contribution in [0.2, 0.25) is 0 Å². The number of morpholine rings is 1. The molecule has 2 heterocycles. The zero-order valence-electron chi connectivity index (χ0n) is 11.2. The Bertz CT molecular complexity index is 536. The molecule has 20 heavy (non-hydrogen) atoms. The van der Waals surface area contributed by atoms with E-state index in [0.717, 1.165) is 25.1 Å². The Morgan fingerprint density at radius 3 is 2.85 bits per heavy atom. The van der Waals surface area contributed by atoms with Crippen LogP contribution in [0.3, 0.4) is 0 Å². The predicted molar refractivity (Wildman–Crippen MR) is 70.1 cm³/mol. The molecule has 0 N–H and O–H groups in total. The van der Waals surface area contributed by atoms with Gasteiger partial charge in [-0.15, -0.1) is 0 Å². The third kappa shape index (κ3) is 2.58. The number of rotatable bonds is 3. The SMILES string of the molecule is C[C@@H]1CN(c2ncc([N+](=O)[O-])cc2F)C[C@@H](C2CC2)O1. The highest BCUT2D eigenvalue weighted by Crippen LogP contribution is 2.37. The second kappa shape index (κ2) is 4.97. The highest BCUT2D eigenvalue weighted by Gasteiger charge is 2.38. The summed E-state index contributed by atoms with van der Waals surface area (Å²) in [7, 11) is 0. The number of ether oxygens (including phenoxy) is 1. The average molecular weight is 281 g/mol. The molecule has 0 amide bonds. The van der Waals surface area contributed by atoms with Crippen LogP contribution in [0.1, 0.15) is 19.8 Å². The first-order chi connectivity index (χ1) is 9.54. The fourth-order valence-corrected chi connectivity index (χ4v) is 2.64. The molecule has 1 aromatic heterocycles. The van der Waals surface area contributed by atoms with Crippen molar-refractivity contribution >= 4 is 11.5 Å². The van der Waals surface area contributed by atoms with E-state index in [-0.39, 0.29) is 23.7 Å². The van der Waals surface area contributed by atoms with Gasteiger partial charge in [-0.25, -0.2) is 9.37 Å². The van der Waals surface area contributed by atoms with E-state index < -0.39 is 10.7 Å². The lowest BCUT2D eigenvalue weighted by molar-refractivity contribution is -0.385. The molecule has 1 saturated heterocycles. The summed E-state index contributed by atoms with van der Waals surface area (Å²) in [5.41, 5.74) is -0.327. The average Bonchev–Trinajstić information content (AvgIpc) is 3.21. The number of aromatic nitrogens is 1. The summed E-state index contributed by atoms with van der Waals surface area (Å²) >= 11 is 0. The molecule has 1 saturated carbocycles. The zero-order valence-corrected chi connectivity index (χ0v) is 11.2. The Labute approximate surface area is 115 Å². The smallest absolute Gasteiger partial charge is 0.290 e. The minimum absolute atomic E-state index is 0.00532. The van der Waals surface area contributed by atoms with Crippen molar-refractivity contribution in [2.75, 3.05) is 18.0 Å². The Morgan fingerprint density at radius 2 is 2.25 bits per heavy atom. The van der Waals surface area contributed by atoms with E-state index in [0.29, 0.717) is 19.0 Å². The molecule has 2 aliphatic rings. The fraction of sp³-hybridized carbons (Fsp3) is 0.615. The summed E-state index contributed by atoms with van der Waals surface area (Å²) in [6, 6.07) is 0.925. The Morgan fingerprint density at radius 1 is 1.50 bits per heavy atom. The van der Waals surface area contributed by atoms with Gasteiger partial charge in [0.15, 0.2) is 11.6 Å². The number of hydrogen-bond acceptors (Lipinski definition) is 5. The van der Waals surface area contributed by atoms with Gasteiger partial charge in [0.25, 0.3) is 5.69 Å². The van der Waals surface area contributed by atoms with Crippen molar-refractivity contribution in [1.82, 2.24) is 4.98 Å². The summed E-state index contributed by atoms with van der Waals surface area (Å²) in [5, 5.41) is 10.6. The molecule has 0 radical (unpaired) electrons. The molecule has 108 valence electrons. The van der Waals surface area contributed by atoms with Crippen molar-refractivity contribution in [2.45, 2.75) is 32.0 Å². The summed E-state index contributed by atoms with van der Waals surface area (Å²) in [6.07, 6.45) is 3.52. The van der Waals surface area contributed by atoms with Gasteiger partial charge in [0.2, 0.25) is 0 Å². The number of anilines is 1. The lowest BCUT2D eigenvalue weighted by Crippen LogP contribution is -2.48. The van der Waals surface area contributed by atoms with Crippen LogP contribution in [0.15, 0.2) is 12.3 Å². The van der Waals surface area contributed by atoms with Gasteiger partial charge >= 0.3 is 0 Å². The second-order valence-corrected chi connectivity index (χ2v) is 5.48. The molecule has 6 nitrogen and oxygen atoms in total. The molecule has 1 aliphatic carbocycles. The molecule has 1 aromatic rings. The van der Waals surface area contributed by atoms with E-state index in [9.17, 15) is 14.5 Å². The Balaban J connectivity index is 1.82. The largest absolute Gasteiger partial charge is 0.371 e. The molecule has 7 heteroatoms. The van der Waals surface area contributed by atoms with E-state index in [1.807, 2.05) is 11.8 Å². The molecule has 1 aliphatic heterocycles. The van der Waals surface area contributed by atoms with Crippen LogP contribution < -0.4 is 4.90 Å². The number of hydrogen-bond donors (Lipinski definition) is 0. The minimum atomic E-state index is -0.650. The normalized spacial score (nSPS) is 26.6. The maximum Gasteiger partial charge on any atom is 0.290 e. The molecule has 0 spiro atoms. The molecule has 0 aromatic carbocycles. The van der Waals surface area contributed by atoms with Crippen LogP contribution in [0, 0.1) is 21.8 Å². The minimum Gasteiger partial charge on any atom is -0.371 e. The molecule has 2 atom stereocenters. The molecular weight excluding hydrogens is 265 g/mol. The molecule has 0 unspecified atom stereocenters. The van der Waals surface area contributed by atoms with E-state index >= 15 is 0 Å². The maximum absolute atomic E-state index is 14.0. The summed E-state index contributed by atoms with van der Waals surface area (Å²) in [4.78, 5) is 15.7. The molecule has 0 bridgehead atoms. The van der Waals surface area contributed by atoms with Crippen LogP contribution in [0.5, 0.6) is 0 Å². The topological polar surface area (TPSA) is 68.5 Å². The number of pyridine rings is 1. The second-order valence-electron chi connectivity index (χ2n) is 5.48. The van der Waals surface area contributed by atoms with Crippen LogP contribution in [0.25, 0.3) is 0 Å². The number of nitro groups is 1. The Kier molecular flexibility index (Phi) is 3.29. The lowest BCUT2D eigenvalue weighted by Gasteiger charge is -2.37. The van der Waals surface area contributed by atoms with E-state index in [2.05, 4.69) is 4.98 Å². The molecular formula is C13H16FN3O3. The van der Waals surface area contributed by atoms with Gasteiger partial charge in [-0.1, -0.05) is 0 Å². The third-order valence-electron chi connectivity index (χ3n) is 3.75. The van der Waals surface area contributed by atoms with Gasteiger partial charge in [0, 0.05) is 13.1 Å². The van der Waals surface area contributed by atoms with E-state index in [4.69, 9.17) is 4.74 Å².